The van der Waals surface area contributed by atoms with E-state index in [1.807, 2.05) is 11.3 Å². The van der Waals surface area contributed by atoms with Crippen molar-refractivity contribution in [3.8, 4) is 0 Å². The first-order valence-electron chi connectivity index (χ1n) is 7.14. The van der Waals surface area contributed by atoms with Gasteiger partial charge in [0.25, 0.3) is 0 Å². The van der Waals surface area contributed by atoms with E-state index in [1.165, 1.54) is 15.3 Å². The van der Waals surface area contributed by atoms with Crippen molar-refractivity contribution in [2.45, 2.75) is 45.7 Å². The molecule has 0 aliphatic rings. The molecule has 102 valence electrons. The molecule has 0 aliphatic carbocycles. The standard InChI is InChI=1S/C17H23NS/c1-4-15-11-12-17(19-15)13(3)18-16(5-2)14-9-7-6-8-10-14/h6-13,16,18H,4-5H2,1-3H3. The van der Waals surface area contributed by atoms with E-state index in [0.29, 0.717) is 12.1 Å². The molecule has 1 nitrogen and oxygen atoms in total. The van der Waals surface area contributed by atoms with Gasteiger partial charge in [-0.05, 0) is 37.5 Å². The van der Waals surface area contributed by atoms with Crippen LogP contribution >= 0.6 is 11.3 Å². The molecule has 2 aromatic rings. The van der Waals surface area contributed by atoms with Crippen LogP contribution in [0.4, 0.5) is 0 Å². The van der Waals surface area contributed by atoms with Crippen molar-refractivity contribution >= 4 is 11.3 Å². The summed E-state index contributed by atoms with van der Waals surface area (Å²) in [5.74, 6) is 0. The minimum Gasteiger partial charge on any atom is -0.303 e. The molecule has 0 amide bonds. The highest BCUT2D eigenvalue weighted by atomic mass is 32.1. The van der Waals surface area contributed by atoms with Gasteiger partial charge in [0.2, 0.25) is 0 Å². The van der Waals surface area contributed by atoms with Crippen molar-refractivity contribution in [1.82, 2.24) is 5.32 Å². The molecular weight excluding hydrogens is 250 g/mol. The van der Waals surface area contributed by atoms with Crippen LogP contribution in [0.1, 0.15) is 54.6 Å². The van der Waals surface area contributed by atoms with Crippen molar-refractivity contribution in [2.24, 2.45) is 0 Å². The van der Waals surface area contributed by atoms with Crippen LogP contribution in [0.25, 0.3) is 0 Å². The lowest BCUT2D eigenvalue weighted by Gasteiger charge is -2.22. The van der Waals surface area contributed by atoms with Gasteiger partial charge in [0.1, 0.15) is 0 Å². The average molecular weight is 273 g/mol. The molecule has 0 aliphatic heterocycles. The molecule has 1 heterocycles. The normalized spacial score (nSPS) is 14.3. The predicted molar refractivity (Wildman–Crippen MR) is 84.7 cm³/mol. The van der Waals surface area contributed by atoms with Gasteiger partial charge >= 0.3 is 0 Å². The number of hydrogen-bond acceptors (Lipinski definition) is 2. The Morgan fingerprint density at radius 2 is 1.79 bits per heavy atom. The third-order valence-electron chi connectivity index (χ3n) is 3.52. The first-order valence-corrected chi connectivity index (χ1v) is 7.95. The Morgan fingerprint density at radius 3 is 2.37 bits per heavy atom. The van der Waals surface area contributed by atoms with Crippen molar-refractivity contribution < 1.29 is 0 Å². The molecule has 2 unspecified atom stereocenters. The zero-order valence-electron chi connectivity index (χ0n) is 12.0. The molecule has 0 fully saturated rings. The van der Waals surface area contributed by atoms with Gasteiger partial charge in [0, 0.05) is 21.8 Å². The van der Waals surface area contributed by atoms with Gasteiger partial charge in [-0.2, -0.15) is 0 Å². The summed E-state index contributed by atoms with van der Waals surface area (Å²) in [5.41, 5.74) is 1.38. The van der Waals surface area contributed by atoms with Gasteiger partial charge in [0.05, 0.1) is 0 Å². The largest absolute Gasteiger partial charge is 0.303 e. The fourth-order valence-corrected chi connectivity index (χ4v) is 3.30. The monoisotopic (exact) mass is 273 g/mol. The Kier molecular flexibility index (Phi) is 5.17. The second kappa shape index (κ2) is 6.88. The van der Waals surface area contributed by atoms with Gasteiger partial charge in [-0.1, -0.05) is 44.2 Å². The lowest BCUT2D eigenvalue weighted by atomic mass is 10.0. The summed E-state index contributed by atoms with van der Waals surface area (Å²) in [6, 6.07) is 16.1. The number of nitrogens with one attached hydrogen (secondary N) is 1. The minimum absolute atomic E-state index is 0.412. The Balaban J connectivity index is 2.06. The van der Waals surface area contributed by atoms with Gasteiger partial charge in [-0.15, -0.1) is 11.3 Å². The first kappa shape index (κ1) is 14.3. The van der Waals surface area contributed by atoms with Crippen LogP contribution in [0.2, 0.25) is 0 Å². The van der Waals surface area contributed by atoms with Crippen LogP contribution < -0.4 is 5.32 Å². The second-order valence-corrected chi connectivity index (χ2v) is 6.12. The quantitative estimate of drug-likeness (QED) is 0.771. The van der Waals surface area contributed by atoms with E-state index < -0.39 is 0 Å². The number of aryl methyl sites for hydroxylation is 1. The van der Waals surface area contributed by atoms with Crippen molar-refractivity contribution in [3.05, 3.63) is 57.8 Å². The molecule has 1 aromatic heterocycles. The molecule has 0 saturated carbocycles. The van der Waals surface area contributed by atoms with Crippen LogP contribution in [0, 0.1) is 0 Å². The maximum absolute atomic E-state index is 3.75. The highest BCUT2D eigenvalue weighted by Gasteiger charge is 2.14. The lowest BCUT2D eigenvalue weighted by Crippen LogP contribution is -2.23. The molecular formula is C17H23NS. The number of benzene rings is 1. The van der Waals surface area contributed by atoms with E-state index in [0.717, 1.165) is 12.8 Å². The minimum atomic E-state index is 0.412. The smallest absolute Gasteiger partial charge is 0.0391 e. The lowest BCUT2D eigenvalue weighted by molar-refractivity contribution is 0.460. The fraction of sp³-hybridized carbons (Fsp3) is 0.412. The summed E-state index contributed by atoms with van der Waals surface area (Å²) in [4.78, 5) is 2.91. The number of rotatable bonds is 6. The molecule has 2 rings (SSSR count). The third kappa shape index (κ3) is 3.68. The summed E-state index contributed by atoms with van der Waals surface area (Å²) in [7, 11) is 0. The van der Waals surface area contributed by atoms with Crippen LogP contribution in [-0.2, 0) is 6.42 Å². The summed E-state index contributed by atoms with van der Waals surface area (Å²) < 4.78 is 0. The zero-order valence-corrected chi connectivity index (χ0v) is 12.8. The number of thiophene rings is 1. The maximum atomic E-state index is 3.75. The molecule has 19 heavy (non-hydrogen) atoms. The molecule has 0 saturated heterocycles. The van der Waals surface area contributed by atoms with Gasteiger partial charge in [0.15, 0.2) is 0 Å². The highest BCUT2D eigenvalue weighted by Crippen LogP contribution is 2.27. The Labute approximate surface area is 120 Å². The topological polar surface area (TPSA) is 12.0 Å². The highest BCUT2D eigenvalue weighted by molar-refractivity contribution is 7.12. The first-order chi connectivity index (χ1) is 9.24. The summed E-state index contributed by atoms with van der Waals surface area (Å²) in [6.45, 7) is 6.71. The van der Waals surface area contributed by atoms with Gasteiger partial charge in [-0.25, -0.2) is 0 Å². The molecule has 0 radical (unpaired) electrons. The molecule has 1 aromatic carbocycles. The predicted octanol–water partition coefficient (Wildman–Crippen LogP) is 5.11. The van der Waals surface area contributed by atoms with Crippen molar-refractivity contribution in [1.29, 1.82) is 0 Å². The van der Waals surface area contributed by atoms with Crippen LogP contribution in [0.5, 0.6) is 0 Å². The number of hydrogen-bond donors (Lipinski definition) is 1. The Hall–Kier alpha value is -1.12. The Bertz CT molecular complexity index is 489. The van der Waals surface area contributed by atoms with E-state index in [9.17, 15) is 0 Å². The summed E-state index contributed by atoms with van der Waals surface area (Å²) in [5, 5.41) is 3.75. The van der Waals surface area contributed by atoms with Gasteiger partial charge < -0.3 is 5.32 Å². The molecule has 2 atom stereocenters. The second-order valence-electron chi connectivity index (χ2n) is 4.92. The van der Waals surface area contributed by atoms with E-state index in [-0.39, 0.29) is 0 Å². The van der Waals surface area contributed by atoms with E-state index in [1.54, 1.807) is 0 Å². The van der Waals surface area contributed by atoms with Crippen LogP contribution in [0.3, 0.4) is 0 Å². The van der Waals surface area contributed by atoms with E-state index in [2.05, 4.69) is 68.6 Å². The SMILES string of the molecule is CCc1ccc(C(C)NC(CC)c2ccccc2)s1. The summed E-state index contributed by atoms with van der Waals surface area (Å²) >= 11 is 1.93. The zero-order chi connectivity index (χ0) is 13.7. The van der Waals surface area contributed by atoms with Crippen LogP contribution in [-0.4, -0.2) is 0 Å². The molecule has 2 heteroatoms. The van der Waals surface area contributed by atoms with Gasteiger partial charge in [-0.3, -0.25) is 0 Å². The Morgan fingerprint density at radius 1 is 1.05 bits per heavy atom. The molecule has 0 spiro atoms. The third-order valence-corrected chi connectivity index (χ3v) is 4.93. The van der Waals surface area contributed by atoms with E-state index in [4.69, 9.17) is 0 Å². The van der Waals surface area contributed by atoms with Crippen molar-refractivity contribution in [2.75, 3.05) is 0 Å². The molecule has 1 N–H and O–H groups in total. The summed E-state index contributed by atoms with van der Waals surface area (Å²) in [6.07, 6.45) is 2.24. The fourth-order valence-electron chi connectivity index (χ4n) is 2.34. The van der Waals surface area contributed by atoms with E-state index >= 15 is 0 Å². The van der Waals surface area contributed by atoms with Crippen molar-refractivity contribution in [3.63, 3.8) is 0 Å². The van der Waals surface area contributed by atoms with Crippen LogP contribution in [0.15, 0.2) is 42.5 Å². The molecule has 0 bridgehead atoms. The average Bonchev–Trinajstić information content (AvgIpc) is 2.94. The maximum Gasteiger partial charge on any atom is 0.0391 e.